The van der Waals surface area contributed by atoms with E-state index in [0.717, 1.165) is 7.11 Å². The molecule has 2 aromatic rings. The quantitative estimate of drug-likeness (QED) is 0.226. The van der Waals surface area contributed by atoms with Crippen molar-refractivity contribution in [2.45, 2.75) is 37.5 Å². The molecule has 2 rings (SSSR count). The van der Waals surface area contributed by atoms with Crippen molar-refractivity contribution in [1.29, 1.82) is 0 Å². The van der Waals surface area contributed by atoms with Gasteiger partial charge in [0.15, 0.2) is 0 Å². The monoisotopic (exact) mass is 566 g/mol. The van der Waals surface area contributed by atoms with Gasteiger partial charge in [-0.1, -0.05) is 24.3 Å². The molecule has 0 aliphatic heterocycles. The standard InChI is InChI=1S/C24H24F6N2O7/c1-4-38-19(34)21(36,23(25,26)27)15-11-12-16(17(13-15)37-3)31-22(24(28,29)30,20(35)39-5-2)32-18(33)14-9-7-6-8-10-14/h6-13,31,36H,4-5H2,1-3H3,(H,32,33)/t21-,22+/m0/s1. The maximum atomic E-state index is 14.5. The minimum absolute atomic E-state index is 0.260. The normalized spacial score (nSPS) is 14.8. The van der Waals surface area contributed by atoms with Gasteiger partial charge in [-0.3, -0.25) is 4.79 Å². The molecule has 0 heterocycles. The Balaban J connectivity index is 2.69. The highest BCUT2D eigenvalue weighted by Gasteiger charge is 2.65. The summed E-state index contributed by atoms with van der Waals surface area (Å²) in [5.41, 5.74) is -10.3. The van der Waals surface area contributed by atoms with Crippen LogP contribution < -0.4 is 15.4 Å². The fourth-order valence-corrected chi connectivity index (χ4v) is 3.32. The lowest BCUT2D eigenvalue weighted by molar-refractivity contribution is -0.267. The largest absolute Gasteiger partial charge is 0.495 e. The van der Waals surface area contributed by atoms with Crippen molar-refractivity contribution in [2.75, 3.05) is 25.6 Å². The molecule has 0 aliphatic rings. The van der Waals surface area contributed by atoms with Gasteiger partial charge in [0, 0.05) is 11.1 Å². The minimum atomic E-state index is -5.61. The molecule has 0 fully saturated rings. The molecular formula is C24H24F6N2O7. The highest BCUT2D eigenvalue weighted by molar-refractivity contribution is 5.99. The number of rotatable bonds is 10. The van der Waals surface area contributed by atoms with Crippen LogP contribution in [0, 0.1) is 0 Å². The van der Waals surface area contributed by atoms with Crippen LogP contribution in [-0.4, -0.2) is 61.3 Å². The first-order valence-corrected chi connectivity index (χ1v) is 11.1. The first-order chi connectivity index (χ1) is 18.1. The predicted octanol–water partition coefficient (Wildman–Crippen LogP) is 3.67. The Labute approximate surface area is 218 Å². The zero-order chi connectivity index (χ0) is 29.6. The Morgan fingerprint density at radius 3 is 1.90 bits per heavy atom. The summed E-state index contributed by atoms with van der Waals surface area (Å²) in [6.45, 7) is 1.34. The average molecular weight is 566 g/mol. The molecule has 3 N–H and O–H groups in total. The third kappa shape index (κ3) is 6.19. The summed E-state index contributed by atoms with van der Waals surface area (Å²) in [6.07, 6.45) is -11.2. The second-order valence-corrected chi connectivity index (χ2v) is 7.76. The van der Waals surface area contributed by atoms with Gasteiger partial charge in [0.2, 0.25) is 0 Å². The van der Waals surface area contributed by atoms with Crippen molar-refractivity contribution in [2.24, 2.45) is 0 Å². The molecule has 2 aromatic carbocycles. The summed E-state index contributed by atoms with van der Waals surface area (Å²) in [5.74, 6) is -6.21. The van der Waals surface area contributed by atoms with Crippen LogP contribution in [0.2, 0.25) is 0 Å². The van der Waals surface area contributed by atoms with Crippen molar-refractivity contribution in [1.82, 2.24) is 5.32 Å². The van der Waals surface area contributed by atoms with E-state index in [9.17, 15) is 45.8 Å². The first kappa shape index (κ1) is 31.2. The smallest absolute Gasteiger partial charge is 0.441 e. The van der Waals surface area contributed by atoms with E-state index in [1.807, 2.05) is 0 Å². The van der Waals surface area contributed by atoms with Gasteiger partial charge in [0.05, 0.1) is 26.0 Å². The maximum Gasteiger partial charge on any atom is 0.441 e. The third-order valence-corrected chi connectivity index (χ3v) is 5.27. The van der Waals surface area contributed by atoms with Gasteiger partial charge in [-0.05, 0) is 38.1 Å². The number of halogens is 6. The highest BCUT2D eigenvalue weighted by Crippen LogP contribution is 2.43. The lowest BCUT2D eigenvalue weighted by Crippen LogP contribution is -2.69. The van der Waals surface area contributed by atoms with E-state index in [2.05, 4.69) is 9.47 Å². The molecule has 15 heteroatoms. The Bertz CT molecular complexity index is 1190. The second kappa shape index (κ2) is 11.8. The molecule has 9 nitrogen and oxygen atoms in total. The molecular weight excluding hydrogens is 542 g/mol. The van der Waals surface area contributed by atoms with Gasteiger partial charge in [0.25, 0.3) is 11.5 Å². The molecule has 0 unspecified atom stereocenters. The number of hydrogen-bond acceptors (Lipinski definition) is 8. The molecule has 0 radical (unpaired) electrons. The van der Waals surface area contributed by atoms with Gasteiger partial charge >= 0.3 is 30.0 Å². The van der Waals surface area contributed by atoms with Crippen LogP contribution in [0.3, 0.4) is 0 Å². The molecule has 39 heavy (non-hydrogen) atoms. The molecule has 0 aromatic heterocycles. The molecule has 0 saturated heterocycles. The number of methoxy groups -OCH3 is 1. The third-order valence-electron chi connectivity index (χ3n) is 5.27. The summed E-state index contributed by atoms with van der Waals surface area (Å²) >= 11 is 0. The van der Waals surface area contributed by atoms with Gasteiger partial charge in [-0.15, -0.1) is 0 Å². The van der Waals surface area contributed by atoms with Gasteiger partial charge in [-0.2, -0.15) is 26.3 Å². The number of carbonyl (C=O) groups excluding carboxylic acids is 3. The minimum Gasteiger partial charge on any atom is -0.495 e. The fourth-order valence-electron chi connectivity index (χ4n) is 3.32. The number of amides is 1. The van der Waals surface area contributed by atoms with Crippen LogP contribution in [0.1, 0.15) is 29.8 Å². The average Bonchev–Trinajstić information content (AvgIpc) is 2.87. The predicted molar refractivity (Wildman–Crippen MR) is 123 cm³/mol. The summed E-state index contributed by atoms with van der Waals surface area (Å²) < 4.78 is 98.6. The van der Waals surface area contributed by atoms with Crippen molar-refractivity contribution in [3.8, 4) is 5.75 Å². The molecule has 0 bridgehead atoms. The molecule has 0 saturated carbocycles. The second-order valence-electron chi connectivity index (χ2n) is 7.76. The van der Waals surface area contributed by atoms with E-state index in [1.165, 1.54) is 44.2 Å². The van der Waals surface area contributed by atoms with Crippen LogP contribution in [0.25, 0.3) is 0 Å². The SMILES string of the molecule is CCOC(=O)[C@](NC(=O)c1ccccc1)(Nc1ccc([C@](O)(C(=O)OCC)C(F)(F)F)cc1OC)C(F)(F)F. The number of esters is 2. The lowest BCUT2D eigenvalue weighted by atomic mass is 9.92. The zero-order valence-electron chi connectivity index (χ0n) is 20.7. The Kier molecular flexibility index (Phi) is 9.44. The summed E-state index contributed by atoms with van der Waals surface area (Å²) in [4.78, 5) is 37.5. The number of benzene rings is 2. The Morgan fingerprint density at radius 1 is 0.846 bits per heavy atom. The fraction of sp³-hybridized carbons (Fsp3) is 0.375. The number of carbonyl (C=O) groups is 3. The van der Waals surface area contributed by atoms with Crippen molar-refractivity contribution >= 4 is 23.5 Å². The molecule has 0 aliphatic carbocycles. The van der Waals surface area contributed by atoms with E-state index in [4.69, 9.17) is 4.74 Å². The van der Waals surface area contributed by atoms with E-state index in [-0.39, 0.29) is 5.56 Å². The number of hydrogen-bond donors (Lipinski definition) is 3. The Morgan fingerprint density at radius 2 is 1.41 bits per heavy atom. The van der Waals surface area contributed by atoms with Crippen LogP contribution in [-0.2, 0) is 24.7 Å². The lowest BCUT2D eigenvalue weighted by Gasteiger charge is -2.36. The van der Waals surface area contributed by atoms with Crippen molar-refractivity contribution in [3.63, 3.8) is 0 Å². The van der Waals surface area contributed by atoms with Crippen LogP contribution in [0.15, 0.2) is 48.5 Å². The summed E-state index contributed by atoms with van der Waals surface area (Å²) in [5, 5.41) is 13.6. The number of anilines is 1. The van der Waals surface area contributed by atoms with Crippen molar-refractivity contribution in [3.05, 3.63) is 59.7 Å². The summed E-state index contributed by atoms with van der Waals surface area (Å²) in [7, 11) is 0.865. The van der Waals surface area contributed by atoms with Gasteiger partial charge in [-0.25, -0.2) is 9.59 Å². The molecule has 2 atom stereocenters. The number of ether oxygens (including phenoxy) is 3. The van der Waals surface area contributed by atoms with E-state index >= 15 is 0 Å². The van der Waals surface area contributed by atoms with Gasteiger partial charge in [0.1, 0.15) is 5.75 Å². The molecule has 1 amide bonds. The van der Waals surface area contributed by atoms with E-state index in [0.29, 0.717) is 18.2 Å². The van der Waals surface area contributed by atoms with E-state index in [1.54, 1.807) is 10.6 Å². The van der Waals surface area contributed by atoms with Crippen molar-refractivity contribution < 1.29 is 60.0 Å². The number of nitrogens with one attached hydrogen (secondary N) is 2. The van der Waals surface area contributed by atoms with Crippen LogP contribution >= 0.6 is 0 Å². The topological polar surface area (TPSA) is 123 Å². The maximum absolute atomic E-state index is 14.5. The van der Waals surface area contributed by atoms with Crippen LogP contribution in [0.5, 0.6) is 5.75 Å². The van der Waals surface area contributed by atoms with E-state index < -0.39 is 71.7 Å². The Hall–Kier alpha value is -4.01. The molecule has 0 spiro atoms. The first-order valence-electron chi connectivity index (χ1n) is 11.1. The zero-order valence-corrected chi connectivity index (χ0v) is 20.7. The van der Waals surface area contributed by atoms with Gasteiger partial charge < -0.3 is 30.0 Å². The summed E-state index contributed by atoms with van der Waals surface area (Å²) in [6, 6.07) is 8.03. The van der Waals surface area contributed by atoms with Crippen LogP contribution in [0.4, 0.5) is 32.0 Å². The number of alkyl halides is 6. The highest BCUT2D eigenvalue weighted by atomic mass is 19.4. The molecule has 214 valence electrons. The number of aliphatic hydroxyl groups is 1.